The van der Waals surface area contributed by atoms with E-state index in [0.717, 1.165) is 58.5 Å². The first-order valence-electron chi connectivity index (χ1n) is 11.0. The van der Waals surface area contributed by atoms with E-state index in [9.17, 15) is 13.2 Å². The van der Waals surface area contributed by atoms with Gasteiger partial charge in [-0.2, -0.15) is 4.31 Å². The summed E-state index contributed by atoms with van der Waals surface area (Å²) < 4.78 is 31.8. The van der Waals surface area contributed by atoms with E-state index in [1.807, 2.05) is 23.1 Å². The van der Waals surface area contributed by atoms with Crippen LogP contribution in [0, 0.1) is 0 Å². The molecule has 30 heavy (non-hydrogen) atoms. The Morgan fingerprint density at radius 3 is 2.57 bits per heavy atom. The lowest BCUT2D eigenvalue weighted by Gasteiger charge is -2.30. The number of carbonyl (C=O) groups is 1. The third kappa shape index (κ3) is 7.04. The summed E-state index contributed by atoms with van der Waals surface area (Å²) in [4.78, 5) is 16.8. The predicted molar refractivity (Wildman–Crippen MR) is 118 cm³/mol. The number of ether oxygens (including phenoxy) is 1. The zero-order chi connectivity index (χ0) is 21.4. The van der Waals surface area contributed by atoms with Crippen LogP contribution in [0.15, 0.2) is 30.3 Å². The van der Waals surface area contributed by atoms with Gasteiger partial charge in [-0.15, -0.1) is 0 Å². The summed E-state index contributed by atoms with van der Waals surface area (Å²) in [6.45, 7) is 5.86. The molecular weight excluding hydrogens is 402 g/mol. The lowest BCUT2D eigenvalue weighted by molar-refractivity contribution is -0.130. The van der Waals surface area contributed by atoms with Gasteiger partial charge in [-0.3, -0.25) is 9.69 Å². The molecule has 2 aliphatic heterocycles. The van der Waals surface area contributed by atoms with Gasteiger partial charge in [-0.1, -0.05) is 30.3 Å². The molecule has 0 radical (unpaired) electrons. The van der Waals surface area contributed by atoms with Gasteiger partial charge in [0, 0.05) is 45.2 Å². The highest BCUT2D eigenvalue weighted by Gasteiger charge is 2.34. The fourth-order valence-corrected chi connectivity index (χ4v) is 5.52. The molecule has 0 N–H and O–H groups in total. The fourth-order valence-electron chi connectivity index (χ4n) is 4.34. The maximum Gasteiger partial charge on any atom is 0.222 e. The summed E-state index contributed by atoms with van der Waals surface area (Å²) in [6, 6.07) is 10.1. The number of hydrogen-bond acceptors (Lipinski definition) is 5. The number of amides is 1. The van der Waals surface area contributed by atoms with Gasteiger partial charge in [0.2, 0.25) is 15.9 Å². The molecule has 2 fully saturated rings. The van der Waals surface area contributed by atoms with Gasteiger partial charge in [0.25, 0.3) is 0 Å². The van der Waals surface area contributed by atoms with E-state index < -0.39 is 10.0 Å². The number of likely N-dealkylation sites (tertiary alicyclic amines) is 1. The summed E-state index contributed by atoms with van der Waals surface area (Å²) >= 11 is 0. The Balaban J connectivity index is 1.44. The highest BCUT2D eigenvalue weighted by molar-refractivity contribution is 7.88. The van der Waals surface area contributed by atoms with Crippen LogP contribution in [0.5, 0.6) is 0 Å². The van der Waals surface area contributed by atoms with E-state index in [-0.39, 0.29) is 11.9 Å². The minimum atomic E-state index is -3.30. The van der Waals surface area contributed by atoms with Crippen LogP contribution < -0.4 is 0 Å². The Labute approximate surface area is 181 Å². The van der Waals surface area contributed by atoms with Crippen molar-refractivity contribution in [3.63, 3.8) is 0 Å². The van der Waals surface area contributed by atoms with Crippen LogP contribution >= 0.6 is 0 Å². The molecule has 1 aromatic rings. The van der Waals surface area contributed by atoms with Crippen molar-refractivity contribution in [2.75, 3.05) is 58.7 Å². The first-order chi connectivity index (χ1) is 14.4. The van der Waals surface area contributed by atoms with Crippen LogP contribution in [-0.2, 0) is 26.0 Å². The summed E-state index contributed by atoms with van der Waals surface area (Å²) in [5.41, 5.74) is 1.24. The number of aryl methyl sites for hydroxylation is 1. The molecule has 1 atom stereocenters. The maximum absolute atomic E-state index is 12.6. The lowest BCUT2D eigenvalue weighted by atomic mass is 10.1. The summed E-state index contributed by atoms with van der Waals surface area (Å²) in [6.07, 6.45) is 5.02. The highest BCUT2D eigenvalue weighted by atomic mass is 32.2. The van der Waals surface area contributed by atoms with Crippen molar-refractivity contribution in [2.24, 2.45) is 0 Å². The minimum Gasteiger partial charge on any atom is -0.379 e. The molecule has 0 saturated carbocycles. The molecule has 1 unspecified atom stereocenters. The second-order valence-corrected chi connectivity index (χ2v) is 10.2. The molecule has 0 bridgehead atoms. The molecule has 0 aliphatic carbocycles. The van der Waals surface area contributed by atoms with Gasteiger partial charge in [-0.25, -0.2) is 8.42 Å². The monoisotopic (exact) mass is 437 g/mol. The van der Waals surface area contributed by atoms with Crippen molar-refractivity contribution in [3.8, 4) is 0 Å². The molecule has 168 valence electrons. The number of hydrogen-bond donors (Lipinski definition) is 0. The Morgan fingerprint density at radius 2 is 1.87 bits per heavy atom. The van der Waals surface area contributed by atoms with Gasteiger partial charge < -0.3 is 9.64 Å². The molecule has 2 saturated heterocycles. The second-order valence-electron chi connectivity index (χ2n) is 8.30. The average Bonchev–Trinajstić information content (AvgIpc) is 3.21. The normalized spacial score (nSPS) is 20.7. The van der Waals surface area contributed by atoms with Crippen LogP contribution in [0.3, 0.4) is 0 Å². The van der Waals surface area contributed by atoms with Crippen molar-refractivity contribution in [3.05, 3.63) is 35.9 Å². The van der Waals surface area contributed by atoms with Crippen molar-refractivity contribution >= 4 is 15.9 Å². The Kier molecular flexibility index (Phi) is 8.68. The first-order valence-corrected chi connectivity index (χ1v) is 12.9. The third-order valence-corrected chi connectivity index (χ3v) is 7.34. The number of carbonyl (C=O) groups excluding carboxylic acids is 1. The second kappa shape index (κ2) is 11.2. The van der Waals surface area contributed by atoms with E-state index in [1.165, 1.54) is 11.8 Å². The van der Waals surface area contributed by atoms with Gasteiger partial charge in [0.15, 0.2) is 0 Å². The Hall–Kier alpha value is -1.48. The number of sulfonamides is 1. The Morgan fingerprint density at radius 1 is 1.13 bits per heavy atom. The van der Waals surface area contributed by atoms with Gasteiger partial charge in [-0.05, 0) is 37.8 Å². The predicted octanol–water partition coefficient (Wildman–Crippen LogP) is 1.59. The SMILES string of the molecule is CS(=O)(=O)N(CCCN1CCOCC1)C1CCN(C(=O)CCCc2ccccc2)C1. The maximum atomic E-state index is 12.6. The van der Waals surface area contributed by atoms with Gasteiger partial charge in [0.05, 0.1) is 19.5 Å². The highest BCUT2D eigenvalue weighted by Crippen LogP contribution is 2.20. The van der Waals surface area contributed by atoms with Crippen molar-refractivity contribution in [2.45, 2.75) is 38.1 Å². The minimum absolute atomic E-state index is 0.109. The van der Waals surface area contributed by atoms with Crippen molar-refractivity contribution in [1.29, 1.82) is 0 Å². The Bertz CT molecular complexity index is 766. The zero-order valence-electron chi connectivity index (χ0n) is 18.0. The first kappa shape index (κ1) is 23.2. The topological polar surface area (TPSA) is 70.2 Å². The molecular formula is C22H35N3O4S. The average molecular weight is 438 g/mol. The summed E-state index contributed by atoms with van der Waals surface area (Å²) in [5, 5.41) is 0. The molecule has 7 nitrogen and oxygen atoms in total. The van der Waals surface area contributed by atoms with Crippen LogP contribution in [-0.4, -0.2) is 93.2 Å². The molecule has 8 heteroatoms. The molecule has 0 aromatic heterocycles. The van der Waals surface area contributed by atoms with Crippen molar-refractivity contribution < 1.29 is 17.9 Å². The van der Waals surface area contributed by atoms with Crippen LogP contribution in [0.25, 0.3) is 0 Å². The van der Waals surface area contributed by atoms with Crippen LogP contribution in [0.1, 0.15) is 31.2 Å². The summed E-state index contributed by atoms with van der Waals surface area (Å²) in [5.74, 6) is 0.134. The van der Waals surface area contributed by atoms with E-state index in [0.29, 0.717) is 26.1 Å². The molecule has 3 rings (SSSR count). The third-order valence-electron chi connectivity index (χ3n) is 6.00. The quantitative estimate of drug-likeness (QED) is 0.556. The van der Waals surface area contributed by atoms with E-state index in [4.69, 9.17) is 4.74 Å². The van der Waals surface area contributed by atoms with Crippen LogP contribution in [0.2, 0.25) is 0 Å². The molecule has 0 spiro atoms. The summed E-state index contributed by atoms with van der Waals surface area (Å²) in [7, 11) is -3.30. The van der Waals surface area contributed by atoms with Gasteiger partial charge >= 0.3 is 0 Å². The molecule has 2 heterocycles. The van der Waals surface area contributed by atoms with Gasteiger partial charge in [0.1, 0.15) is 0 Å². The number of benzene rings is 1. The fraction of sp³-hybridized carbons (Fsp3) is 0.682. The van der Waals surface area contributed by atoms with Crippen molar-refractivity contribution in [1.82, 2.24) is 14.1 Å². The molecule has 2 aliphatic rings. The lowest BCUT2D eigenvalue weighted by Crippen LogP contribution is -2.44. The number of rotatable bonds is 10. The largest absolute Gasteiger partial charge is 0.379 e. The molecule has 1 amide bonds. The zero-order valence-corrected chi connectivity index (χ0v) is 18.9. The van der Waals surface area contributed by atoms with E-state index in [1.54, 1.807) is 4.31 Å². The number of nitrogens with zero attached hydrogens (tertiary/aromatic N) is 3. The molecule has 1 aromatic carbocycles. The smallest absolute Gasteiger partial charge is 0.222 e. The standard InChI is InChI=1S/C22H35N3O4S/c1-30(27,28)25(13-6-12-23-15-17-29-18-16-23)21-11-14-24(19-21)22(26)10-5-9-20-7-3-2-4-8-20/h2-4,7-8,21H,5-6,9-19H2,1H3. The number of morpholine rings is 1. The van der Waals surface area contributed by atoms with E-state index >= 15 is 0 Å². The van der Waals surface area contributed by atoms with Crippen LogP contribution in [0.4, 0.5) is 0 Å². The van der Waals surface area contributed by atoms with E-state index in [2.05, 4.69) is 17.0 Å².